The molecule has 0 fully saturated rings. The number of anilines is 1. The molecule has 0 saturated carbocycles. The van der Waals surface area contributed by atoms with Crippen LogP contribution in [0, 0.1) is 11.3 Å². The molecule has 1 aliphatic rings. The van der Waals surface area contributed by atoms with E-state index in [1.54, 1.807) is 16.8 Å². The highest BCUT2D eigenvalue weighted by Crippen LogP contribution is 2.38. The highest BCUT2D eigenvalue weighted by molar-refractivity contribution is 7.16. The maximum absolute atomic E-state index is 13.0. The van der Waals surface area contributed by atoms with Crippen LogP contribution >= 0.6 is 11.3 Å². The molecule has 6 rings (SSSR count). The maximum Gasteiger partial charge on any atom is 0.276 e. The van der Waals surface area contributed by atoms with Gasteiger partial charge in [-0.2, -0.15) is 10.4 Å². The first-order valence-corrected chi connectivity index (χ1v) is 11.2. The average molecular weight is 436 g/mol. The summed E-state index contributed by atoms with van der Waals surface area (Å²) in [6.45, 7) is 0. The SMILES string of the molecule is N#Cc1c(NC(=O)c2cc3nccc(-c4ccc5ccccc5c4)n3n2)sc2c1CCC2. The zero-order chi connectivity index (χ0) is 21.7. The summed E-state index contributed by atoms with van der Waals surface area (Å²) in [5, 5.41) is 19.9. The van der Waals surface area contributed by atoms with E-state index in [0.717, 1.165) is 41.5 Å². The van der Waals surface area contributed by atoms with Gasteiger partial charge >= 0.3 is 0 Å². The second-order valence-electron chi connectivity index (χ2n) is 7.82. The highest BCUT2D eigenvalue weighted by atomic mass is 32.1. The molecule has 0 radical (unpaired) electrons. The molecule has 5 aromatic rings. The Hall–Kier alpha value is -4.02. The fourth-order valence-electron chi connectivity index (χ4n) is 4.35. The zero-order valence-electron chi connectivity index (χ0n) is 17.0. The number of thiophene rings is 1. The second-order valence-corrected chi connectivity index (χ2v) is 8.92. The maximum atomic E-state index is 13.0. The molecule has 32 heavy (non-hydrogen) atoms. The summed E-state index contributed by atoms with van der Waals surface area (Å²) in [4.78, 5) is 18.6. The van der Waals surface area contributed by atoms with Gasteiger partial charge in [0.05, 0.1) is 11.3 Å². The molecule has 2 aromatic carbocycles. The number of rotatable bonds is 3. The number of hydrogen-bond donors (Lipinski definition) is 1. The smallest absolute Gasteiger partial charge is 0.276 e. The summed E-state index contributed by atoms with van der Waals surface area (Å²) in [5.74, 6) is -0.337. The lowest BCUT2D eigenvalue weighted by Crippen LogP contribution is -2.12. The van der Waals surface area contributed by atoms with Crippen molar-refractivity contribution in [3.8, 4) is 17.3 Å². The van der Waals surface area contributed by atoms with Crippen LogP contribution in [-0.4, -0.2) is 20.5 Å². The van der Waals surface area contributed by atoms with E-state index in [-0.39, 0.29) is 11.6 Å². The third-order valence-corrected chi connectivity index (χ3v) is 7.10. The van der Waals surface area contributed by atoms with E-state index >= 15 is 0 Å². The first kappa shape index (κ1) is 18.7. The van der Waals surface area contributed by atoms with Gasteiger partial charge in [-0.25, -0.2) is 9.50 Å². The molecule has 0 spiro atoms. The molecule has 7 heteroatoms. The molecule has 0 aliphatic heterocycles. The number of nitrogens with zero attached hydrogens (tertiary/aromatic N) is 4. The third kappa shape index (κ3) is 2.96. The molecular weight excluding hydrogens is 418 g/mol. The van der Waals surface area contributed by atoms with Crippen molar-refractivity contribution in [2.24, 2.45) is 0 Å². The van der Waals surface area contributed by atoms with Crippen molar-refractivity contribution in [1.29, 1.82) is 5.26 Å². The van der Waals surface area contributed by atoms with Gasteiger partial charge in [0.1, 0.15) is 11.1 Å². The van der Waals surface area contributed by atoms with Crippen LogP contribution < -0.4 is 5.32 Å². The topological polar surface area (TPSA) is 83.1 Å². The van der Waals surface area contributed by atoms with Crippen molar-refractivity contribution in [3.63, 3.8) is 0 Å². The molecule has 1 aliphatic carbocycles. The molecule has 1 N–H and O–H groups in total. The number of benzene rings is 2. The number of amides is 1. The first-order valence-electron chi connectivity index (χ1n) is 10.4. The van der Waals surface area contributed by atoms with E-state index in [0.29, 0.717) is 16.2 Å². The number of hydrogen-bond acceptors (Lipinski definition) is 5. The molecule has 6 nitrogen and oxygen atoms in total. The largest absolute Gasteiger partial charge is 0.311 e. The van der Waals surface area contributed by atoms with Crippen LogP contribution in [0.4, 0.5) is 5.00 Å². The molecule has 3 heterocycles. The predicted octanol–water partition coefficient (Wildman–Crippen LogP) is 5.22. The van der Waals surface area contributed by atoms with Crippen LogP contribution in [0.5, 0.6) is 0 Å². The molecule has 3 aromatic heterocycles. The van der Waals surface area contributed by atoms with Crippen molar-refractivity contribution >= 4 is 38.7 Å². The highest BCUT2D eigenvalue weighted by Gasteiger charge is 2.24. The minimum atomic E-state index is -0.337. The molecular formula is C25H17N5OS. The van der Waals surface area contributed by atoms with Gasteiger partial charge in [-0.05, 0) is 47.7 Å². The van der Waals surface area contributed by atoms with Crippen molar-refractivity contribution in [2.45, 2.75) is 19.3 Å². The molecule has 0 atom stereocenters. The number of nitrogens with one attached hydrogen (secondary N) is 1. The normalized spacial score (nSPS) is 12.7. The Morgan fingerprint density at radius 1 is 1.09 bits per heavy atom. The molecule has 0 bridgehead atoms. The van der Waals surface area contributed by atoms with Gasteiger partial charge in [0, 0.05) is 22.7 Å². The van der Waals surface area contributed by atoms with Gasteiger partial charge in [0.15, 0.2) is 11.3 Å². The van der Waals surface area contributed by atoms with Crippen molar-refractivity contribution in [2.75, 3.05) is 5.32 Å². The number of nitriles is 1. The van der Waals surface area contributed by atoms with Crippen molar-refractivity contribution in [1.82, 2.24) is 14.6 Å². The lowest BCUT2D eigenvalue weighted by Gasteiger charge is -2.06. The Bertz CT molecular complexity index is 1570. The summed E-state index contributed by atoms with van der Waals surface area (Å²) in [7, 11) is 0. The Morgan fingerprint density at radius 3 is 2.84 bits per heavy atom. The second kappa shape index (κ2) is 7.29. The molecule has 0 saturated heterocycles. The zero-order valence-corrected chi connectivity index (χ0v) is 17.8. The van der Waals surface area contributed by atoms with Crippen LogP contribution in [-0.2, 0) is 12.8 Å². The van der Waals surface area contributed by atoms with E-state index in [1.807, 2.05) is 24.3 Å². The van der Waals surface area contributed by atoms with Crippen LogP contribution in [0.1, 0.15) is 32.9 Å². The molecule has 0 unspecified atom stereocenters. The van der Waals surface area contributed by atoms with Crippen LogP contribution in [0.3, 0.4) is 0 Å². The predicted molar refractivity (Wildman–Crippen MR) is 125 cm³/mol. The van der Waals surface area contributed by atoms with E-state index in [9.17, 15) is 10.1 Å². The fraction of sp³-hybridized carbons (Fsp3) is 0.120. The van der Waals surface area contributed by atoms with Gasteiger partial charge in [-0.15, -0.1) is 11.3 Å². The van der Waals surface area contributed by atoms with Gasteiger partial charge in [-0.1, -0.05) is 36.4 Å². The lowest BCUT2D eigenvalue weighted by atomic mass is 10.1. The number of aromatic nitrogens is 3. The number of fused-ring (bicyclic) bond motifs is 3. The third-order valence-electron chi connectivity index (χ3n) is 5.90. The monoisotopic (exact) mass is 435 g/mol. The van der Waals surface area contributed by atoms with Crippen LogP contribution in [0.25, 0.3) is 27.7 Å². The average Bonchev–Trinajstić information content (AvgIpc) is 3.52. The Morgan fingerprint density at radius 2 is 1.97 bits per heavy atom. The first-order chi connectivity index (χ1) is 15.7. The quantitative estimate of drug-likeness (QED) is 0.421. The lowest BCUT2D eigenvalue weighted by molar-refractivity contribution is 0.102. The summed E-state index contributed by atoms with van der Waals surface area (Å²) < 4.78 is 1.69. The molecule has 154 valence electrons. The fourth-order valence-corrected chi connectivity index (χ4v) is 5.59. The minimum Gasteiger partial charge on any atom is -0.311 e. The van der Waals surface area contributed by atoms with E-state index < -0.39 is 0 Å². The summed E-state index contributed by atoms with van der Waals surface area (Å²) in [6, 6.07) is 20.2. The summed E-state index contributed by atoms with van der Waals surface area (Å²) in [6.07, 6.45) is 4.66. The molecule has 1 amide bonds. The van der Waals surface area contributed by atoms with E-state index in [2.05, 4.69) is 45.7 Å². The van der Waals surface area contributed by atoms with Gasteiger partial charge in [0.25, 0.3) is 5.91 Å². The number of carbonyl (C=O) groups excluding carboxylic acids is 1. The van der Waals surface area contributed by atoms with Crippen molar-refractivity contribution < 1.29 is 4.79 Å². The van der Waals surface area contributed by atoms with Crippen LogP contribution in [0.15, 0.2) is 60.8 Å². The standard InChI is InChI=1S/C25H17N5OS/c26-14-19-18-6-3-7-22(18)32-25(19)28-24(31)20-13-23-27-11-10-21(30(23)29-20)17-9-8-15-4-1-2-5-16(15)12-17/h1-2,4-5,8-13H,3,6-7H2,(H,28,31). The minimum absolute atomic E-state index is 0.267. The van der Waals surface area contributed by atoms with Crippen molar-refractivity contribution in [3.05, 3.63) is 82.5 Å². The Balaban J connectivity index is 1.37. The van der Waals surface area contributed by atoms with E-state index in [4.69, 9.17) is 0 Å². The van der Waals surface area contributed by atoms with Gasteiger partial charge in [0.2, 0.25) is 0 Å². The summed E-state index contributed by atoms with van der Waals surface area (Å²) in [5.41, 5.74) is 4.39. The van der Waals surface area contributed by atoms with Crippen LogP contribution in [0.2, 0.25) is 0 Å². The van der Waals surface area contributed by atoms with Gasteiger partial charge < -0.3 is 5.32 Å². The van der Waals surface area contributed by atoms with Gasteiger partial charge in [-0.3, -0.25) is 4.79 Å². The Labute approximate surface area is 187 Å². The number of aryl methyl sites for hydroxylation is 1. The Kier molecular flexibility index (Phi) is 4.27. The van der Waals surface area contributed by atoms with E-state index in [1.165, 1.54) is 21.6 Å². The summed E-state index contributed by atoms with van der Waals surface area (Å²) >= 11 is 1.50. The number of carbonyl (C=O) groups is 1.